The number of nitrogens with one attached hydrogen (secondary N) is 3. The maximum atomic E-state index is 9.52. The molecule has 0 saturated carbocycles. The molecule has 0 spiro atoms. The number of hydrogen-bond acceptors (Lipinski definition) is 6. The summed E-state index contributed by atoms with van der Waals surface area (Å²) in [6, 6.07) is 0. The van der Waals surface area contributed by atoms with Gasteiger partial charge in [-0.3, -0.25) is 5.10 Å². The van der Waals surface area contributed by atoms with Crippen LogP contribution < -0.4 is 10.6 Å². The highest BCUT2D eigenvalue weighted by Crippen LogP contribution is 2.19. The summed E-state index contributed by atoms with van der Waals surface area (Å²) in [5.41, 5.74) is 0.665. The Bertz CT molecular complexity index is 497. The number of anilines is 2. The fourth-order valence-corrected chi connectivity index (χ4v) is 1.44. The molecule has 4 N–H and O–H groups in total. The van der Waals surface area contributed by atoms with Crippen LogP contribution in [0.2, 0.25) is 0 Å². The number of fused-ring (bicyclic) bond motifs is 1. The Labute approximate surface area is 98.7 Å². The first-order chi connectivity index (χ1) is 8.24. The lowest BCUT2D eigenvalue weighted by Crippen LogP contribution is -2.19. The van der Waals surface area contributed by atoms with Gasteiger partial charge >= 0.3 is 0 Å². The van der Waals surface area contributed by atoms with Crippen molar-refractivity contribution in [3.63, 3.8) is 0 Å². The second-order valence-electron chi connectivity index (χ2n) is 3.72. The minimum absolute atomic E-state index is 0.384. The molecule has 7 nitrogen and oxygen atoms in total. The fourth-order valence-electron chi connectivity index (χ4n) is 1.44. The van der Waals surface area contributed by atoms with Crippen LogP contribution in [0.4, 0.5) is 11.8 Å². The molecule has 0 aromatic carbocycles. The summed E-state index contributed by atoms with van der Waals surface area (Å²) in [5.74, 6) is 1.18. The predicted molar refractivity (Wildman–Crippen MR) is 66.0 cm³/mol. The van der Waals surface area contributed by atoms with E-state index in [1.54, 1.807) is 13.2 Å². The van der Waals surface area contributed by atoms with Gasteiger partial charge in [0, 0.05) is 13.6 Å². The van der Waals surface area contributed by atoms with Crippen LogP contribution in [0.1, 0.15) is 13.3 Å². The van der Waals surface area contributed by atoms with Gasteiger partial charge in [-0.25, -0.2) is 0 Å². The van der Waals surface area contributed by atoms with Crippen LogP contribution in [0, 0.1) is 0 Å². The quantitative estimate of drug-likeness (QED) is 0.606. The summed E-state index contributed by atoms with van der Waals surface area (Å²) < 4.78 is 0. The molecule has 0 bridgehead atoms. The Balaban J connectivity index is 2.27. The van der Waals surface area contributed by atoms with E-state index in [1.165, 1.54) is 0 Å². The van der Waals surface area contributed by atoms with Gasteiger partial charge in [0.05, 0.1) is 17.7 Å². The lowest BCUT2D eigenvalue weighted by molar-refractivity contribution is 0.183. The van der Waals surface area contributed by atoms with Crippen LogP contribution in [0.15, 0.2) is 6.20 Å². The monoisotopic (exact) mass is 236 g/mol. The van der Waals surface area contributed by atoms with Crippen LogP contribution in [0.5, 0.6) is 0 Å². The molecule has 2 aromatic heterocycles. The Kier molecular flexibility index (Phi) is 3.38. The maximum Gasteiger partial charge on any atom is 0.226 e. The topological polar surface area (TPSA) is 98.7 Å². The summed E-state index contributed by atoms with van der Waals surface area (Å²) >= 11 is 0. The van der Waals surface area contributed by atoms with Gasteiger partial charge in [-0.05, 0) is 6.42 Å². The van der Waals surface area contributed by atoms with Gasteiger partial charge in [0.25, 0.3) is 0 Å². The molecule has 2 rings (SSSR count). The summed E-state index contributed by atoms with van der Waals surface area (Å²) in [7, 11) is 1.75. The highest BCUT2D eigenvalue weighted by Gasteiger charge is 2.09. The predicted octanol–water partition coefficient (Wildman–Crippen LogP) is 0.577. The molecule has 17 heavy (non-hydrogen) atoms. The third-order valence-electron chi connectivity index (χ3n) is 2.51. The molecule has 0 fully saturated rings. The summed E-state index contributed by atoms with van der Waals surface area (Å²) in [4.78, 5) is 8.51. The number of H-pyrrole nitrogens is 1. The Morgan fingerprint density at radius 1 is 1.47 bits per heavy atom. The minimum atomic E-state index is -0.384. The van der Waals surface area contributed by atoms with Crippen molar-refractivity contribution in [2.45, 2.75) is 19.4 Å². The van der Waals surface area contributed by atoms with Crippen molar-refractivity contribution in [2.24, 2.45) is 0 Å². The largest absolute Gasteiger partial charge is 0.391 e. The van der Waals surface area contributed by atoms with E-state index in [0.29, 0.717) is 30.4 Å². The van der Waals surface area contributed by atoms with Gasteiger partial charge < -0.3 is 15.7 Å². The van der Waals surface area contributed by atoms with Crippen molar-refractivity contribution in [3.8, 4) is 0 Å². The first-order valence-electron chi connectivity index (χ1n) is 5.55. The highest BCUT2D eigenvalue weighted by atomic mass is 16.3. The number of rotatable bonds is 5. The normalized spacial score (nSPS) is 12.6. The lowest BCUT2D eigenvalue weighted by Gasteiger charge is -2.11. The molecule has 7 heteroatoms. The number of nitrogens with zero attached hydrogens (tertiary/aromatic N) is 3. The average Bonchev–Trinajstić information content (AvgIpc) is 2.83. The van der Waals surface area contributed by atoms with Crippen molar-refractivity contribution in [1.82, 2.24) is 20.2 Å². The smallest absolute Gasteiger partial charge is 0.226 e. The molecule has 0 aliphatic carbocycles. The second kappa shape index (κ2) is 4.96. The SMILES string of the molecule is CCC(O)CNc1nc(NC)nc2[nH]ncc12. The van der Waals surface area contributed by atoms with Crippen molar-refractivity contribution in [3.05, 3.63) is 6.20 Å². The van der Waals surface area contributed by atoms with Crippen molar-refractivity contribution in [1.29, 1.82) is 0 Å². The van der Waals surface area contributed by atoms with E-state index in [-0.39, 0.29) is 6.10 Å². The Morgan fingerprint density at radius 3 is 3.00 bits per heavy atom. The van der Waals surface area contributed by atoms with Crippen LogP contribution in [-0.4, -0.2) is 45.0 Å². The van der Waals surface area contributed by atoms with Gasteiger partial charge in [-0.15, -0.1) is 0 Å². The van der Waals surface area contributed by atoms with Crippen LogP contribution in [0.25, 0.3) is 11.0 Å². The molecule has 2 heterocycles. The third kappa shape index (κ3) is 2.44. The molecule has 1 unspecified atom stereocenters. The second-order valence-corrected chi connectivity index (χ2v) is 3.72. The van der Waals surface area contributed by atoms with Gasteiger partial charge in [0.2, 0.25) is 5.95 Å². The molecule has 92 valence electrons. The molecular weight excluding hydrogens is 220 g/mol. The van der Waals surface area contributed by atoms with Crippen molar-refractivity contribution in [2.75, 3.05) is 24.2 Å². The summed E-state index contributed by atoms with van der Waals surface area (Å²) in [6.45, 7) is 2.38. The van der Waals surface area contributed by atoms with E-state index < -0.39 is 0 Å². The maximum absolute atomic E-state index is 9.52. The van der Waals surface area contributed by atoms with E-state index in [4.69, 9.17) is 0 Å². The molecule has 1 atom stereocenters. The van der Waals surface area contributed by atoms with Gasteiger partial charge in [0.15, 0.2) is 5.65 Å². The number of aromatic amines is 1. The fraction of sp³-hybridized carbons (Fsp3) is 0.500. The first-order valence-corrected chi connectivity index (χ1v) is 5.55. The zero-order chi connectivity index (χ0) is 12.3. The molecule has 2 aromatic rings. The van der Waals surface area contributed by atoms with Gasteiger partial charge in [-0.1, -0.05) is 6.92 Å². The molecular formula is C10H16N6O. The van der Waals surface area contributed by atoms with Gasteiger partial charge in [-0.2, -0.15) is 15.1 Å². The van der Waals surface area contributed by atoms with E-state index >= 15 is 0 Å². The average molecular weight is 236 g/mol. The standard InChI is InChI=1S/C10H16N6O/c1-3-6(17)4-12-8-7-5-13-16-9(7)15-10(11-2)14-8/h5-6,17H,3-4H2,1-2H3,(H3,11,12,13,14,15,16). The van der Waals surface area contributed by atoms with E-state index in [0.717, 1.165) is 5.39 Å². The van der Waals surface area contributed by atoms with Crippen LogP contribution in [-0.2, 0) is 0 Å². The highest BCUT2D eigenvalue weighted by molar-refractivity contribution is 5.86. The Morgan fingerprint density at radius 2 is 2.29 bits per heavy atom. The molecule has 0 aliphatic rings. The summed E-state index contributed by atoms with van der Waals surface area (Å²) in [6.07, 6.45) is 1.98. The van der Waals surface area contributed by atoms with Crippen LogP contribution in [0.3, 0.4) is 0 Å². The van der Waals surface area contributed by atoms with Crippen molar-refractivity contribution >= 4 is 22.8 Å². The summed E-state index contributed by atoms with van der Waals surface area (Å²) in [5, 5.41) is 23.0. The number of aromatic nitrogens is 4. The van der Waals surface area contributed by atoms with E-state index in [2.05, 4.69) is 30.8 Å². The zero-order valence-electron chi connectivity index (χ0n) is 9.86. The molecule has 0 radical (unpaired) electrons. The van der Waals surface area contributed by atoms with E-state index in [1.807, 2.05) is 6.92 Å². The van der Waals surface area contributed by atoms with E-state index in [9.17, 15) is 5.11 Å². The number of aliphatic hydroxyl groups is 1. The lowest BCUT2D eigenvalue weighted by atomic mass is 10.3. The van der Waals surface area contributed by atoms with Gasteiger partial charge in [0.1, 0.15) is 5.82 Å². The molecule has 0 aliphatic heterocycles. The number of hydrogen-bond donors (Lipinski definition) is 4. The first kappa shape index (κ1) is 11.6. The van der Waals surface area contributed by atoms with Crippen molar-refractivity contribution < 1.29 is 5.11 Å². The van der Waals surface area contributed by atoms with Crippen LogP contribution >= 0.6 is 0 Å². The molecule has 0 saturated heterocycles. The number of aliphatic hydroxyl groups excluding tert-OH is 1. The molecule has 0 amide bonds. The zero-order valence-corrected chi connectivity index (χ0v) is 9.86. The Hall–Kier alpha value is -1.89. The third-order valence-corrected chi connectivity index (χ3v) is 2.51. The minimum Gasteiger partial charge on any atom is -0.391 e.